The summed E-state index contributed by atoms with van der Waals surface area (Å²) in [6, 6.07) is 14.7. The van der Waals surface area contributed by atoms with Crippen LogP contribution in [0.1, 0.15) is 29.3 Å². The van der Waals surface area contributed by atoms with E-state index >= 15 is 0 Å². The molecule has 28 heavy (non-hydrogen) atoms. The number of piperidine rings is 1. The van der Waals surface area contributed by atoms with Crippen molar-refractivity contribution in [1.29, 1.82) is 0 Å². The molecule has 1 saturated heterocycles. The SMILES string of the molecule is Cc1c(-c2ccccc2)oc2c(C(=O)NC3CNCCC3C)cccc2c1=O. The lowest BCUT2D eigenvalue weighted by atomic mass is 9.94. The molecule has 2 atom stereocenters. The molecule has 1 fully saturated rings. The standard InChI is InChI=1S/C23H24N2O3/c1-14-11-12-24-13-19(14)25-23(27)18-10-6-9-17-20(26)15(2)21(28-22(17)18)16-7-4-3-5-8-16/h3-10,14,19,24H,11-13H2,1-2H3,(H,25,27). The number of hydrogen-bond acceptors (Lipinski definition) is 4. The van der Waals surface area contributed by atoms with E-state index in [9.17, 15) is 9.59 Å². The van der Waals surface area contributed by atoms with Crippen LogP contribution in [0.3, 0.4) is 0 Å². The van der Waals surface area contributed by atoms with Gasteiger partial charge in [-0.1, -0.05) is 43.3 Å². The second kappa shape index (κ2) is 7.60. The number of benzene rings is 2. The Kier molecular flexibility index (Phi) is 5.01. The van der Waals surface area contributed by atoms with E-state index in [4.69, 9.17) is 4.42 Å². The fraction of sp³-hybridized carbons (Fsp3) is 0.304. The number of para-hydroxylation sites is 1. The van der Waals surface area contributed by atoms with Gasteiger partial charge in [0.25, 0.3) is 5.91 Å². The topological polar surface area (TPSA) is 71.3 Å². The van der Waals surface area contributed by atoms with Gasteiger partial charge in [-0.05, 0) is 37.9 Å². The molecule has 4 rings (SSSR count). The van der Waals surface area contributed by atoms with Crippen molar-refractivity contribution in [2.75, 3.05) is 13.1 Å². The summed E-state index contributed by atoms with van der Waals surface area (Å²) in [6.45, 7) is 5.62. The van der Waals surface area contributed by atoms with Gasteiger partial charge < -0.3 is 15.1 Å². The fourth-order valence-corrected chi connectivity index (χ4v) is 3.78. The summed E-state index contributed by atoms with van der Waals surface area (Å²) < 4.78 is 6.15. The van der Waals surface area contributed by atoms with E-state index in [2.05, 4.69) is 17.6 Å². The van der Waals surface area contributed by atoms with Crippen molar-refractivity contribution >= 4 is 16.9 Å². The van der Waals surface area contributed by atoms with Gasteiger partial charge in [0.05, 0.1) is 10.9 Å². The minimum Gasteiger partial charge on any atom is -0.455 e. The highest BCUT2D eigenvalue weighted by atomic mass is 16.3. The van der Waals surface area contributed by atoms with Crippen molar-refractivity contribution in [1.82, 2.24) is 10.6 Å². The smallest absolute Gasteiger partial charge is 0.255 e. The Morgan fingerprint density at radius 3 is 2.68 bits per heavy atom. The molecular weight excluding hydrogens is 352 g/mol. The average Bonchev–Trinajstić information content (AvgIpc) is 2.72. The van der Waals surface area contributed by atoms with E-state index in [0.29, 0.717) is 33.8 Å². The van der Waals surface area contributed by atoms with Gasteiger partial charge in [-0.2, -0.15) is 0 Å². The Hall–Kier alpha value is -2.92. The molecule has 5 heteroatoms. The number of fused-ring (bicyclic) bond motifs is 1. The Labute approximate surface area is 163 Å². The summed E-state index contributed by atoms with van der Waals surface area (Å²) in [6.07, 6.45) is 1.02. The molecule has 0 saturated carbocycles. The summed E-state index contributed by atoms with van der Waals surface area (Å²) in [5, 5.41) is 6.86. The van der Waals surface area contributed by atoms with E-state index in [1.165, 1.54) is 0 Å². The molecule has 2 heterocycles. The van der Waals surface area contributed by atoms with Gasteiger partial charge in [0.2, 0.25) is 0 Å². The molecule has 3 aromatic rings. The Bertz CT molecular complexity index is 1070. The normalized spacial score (nSPS) is 19.5. The van der Waals surface area contributed by atoms with Gasteiger partial charge >= 0.3 is 0 Å². The lowest BCUT2D eigenvalue weighted by Gasteiger charge is -2.30. The van der Waals surface area contributed by atoms with Gasteiger partial charge in [0.15, 0.2) is 11.0 Å². The number of nitrogens with one attached hydrogen (secondary N) is 2. The lowest BCUT2D eigenvalue weighted by Crippen LogP contribution is -2.50. The Morgan fingerprint density at radius 2 is 1.93 bits per heavy atom. The molecule has 5 nitrogen and oxygen atoms in total. The van der Waals surface area contributed by atoms with Crippen LogP contribution in [0, 0.1) is 12.8 Å². The second-order valence-corrected chi connectivity index (χ2v) is 7.48. The second-order valence-electron chi connectivity index (χ2n) is 7.48. The number of carbonyl (C=O) groups is 1. The van der Waals surface area contributed by atoms with Crippen molar-refractivity contribution in [3.05, 3.63) is 69.9 Å². The molecule has 1 aromatic heterocycles. The first kappa shape index (κ1) is 18.4. The molecule has 2 unspecified atom stereocenters. The number of rotatable bonds is 3. The van der Waals surface area contributed by atoms with Crippen LogP contribution in [0.2, 0.25) is 0 Å². The molecule has 0 aliphatic carbocycles. The van der Waals surface area contributed by atoms with E-state index in [1.54, 1.807) is 25.1 Å². The summed E-state index contributed by atoms with van der Waals surface area (Å²) in [4.78, 5) is 26.0. The molecule has 0 radical (unpaired) electrons. The van der Waals surface area contributed by atoms with Crippen molar-refractivity contribution in [2.45, 2.75) is 26.3 Å². The van der Waals surface area contributed by atoms with Gasteiger partial charge in [-0.15, -0.1) is 0 Å². The van der Waals surface area contributed by atoms with Crippen molar-refractivity contribution in [2.24, 2.45) is 5.92 Å². The largest absolute Gasteiger partial charge is 0.455 e. The third-order valence-electron chi connectivity index (χ3n) is 5.57. The van der Waals surface area contributed by atoms with E-state index in [1.807, 2.05) is 30.3 Å². The Morgan fingerprint density at radius 1 is 1.14 bits per heavy atom. The minimum atomic E-state index is -0.211. The van der Waals surface area contributed by atoms with Crippen molar-refractivity contribution in [3.8, 4) is 11.3 Å². The zero-order valence-corrected chi connectivity index (χ0v) is 16.1. The van der Waals surface area contributed by atoms with Crippen LogP contribution in [-0.4, -0.2) is 25.0 Å². The zero-order valence-electron chi connectivity index (χ0n) is 16.1. The highest BCUT2D eigenvalue weighted by molar-refractivity contribution is 6.05. The number of hydrogen-bond donors (Lipinski definition) is 2. The summed E-state index contributed by atoms with van der Waals surface area (Å²) in [5.41, 5.74) is 1.98. The first-order chi connectivity index (χ1) is 13.6. The summed E-state index contributed by atoms with van der Waals surface area (Å²) in [7, 11) is 0. The summed E-state index contributed by atoms with van der Waals surface area (Å²) in [5.74, 6) is 0.692. The molecule has 0 spiro atoms. The van der Waals surface area contributed by atoms with Gasteiger partial charge in [0, 0.05) is 23.7 Å². The molecule has 1 aliphatic rings. The molecular formula is C23H24N2O3. The molecule has 2 aromatic carbocycles. The maximum absolute atomic E-state index is 13.0. The average molecular weight is 376 g/mol. The van der Waals surface area contributed by atoms with Gasteiger partial charge in [-0.25, -0.2) is 0 Å². The maximum atomic E-state index is 13.0. The fourth-order valence-electron chi connectivity index (χ4n) is 3.78. The van der Waals surface area contributed by atoms with Crippen LogP contribution in [-0.2, 0) is 0 Å². The van der Waals surface area contributed by atoms with Crippen LogP contribution in [0.4, 0.5) is 0 Å². The predicted molar refractivity (Wildman–Crippen MR) is 111 cm³/mol. The maximum Gasteiger partial charge on any atom is 0.255 e. The van der Waals surface area contributed by atoms with Crippen LogP contribution < -0.4 is 16.1 Å². The zero-order chi connectivity index (χ0) is 19.7. The third kappa shape index (κ3) is 3.34. The molecule has 2 N–H and O–H groups in total. The summed E-state index contributed by atoms with van der Waals surface area (Å²) >= 11 is 0. The third-order valence-corrected chi connectivity index (χ3v) is 5.57. The quantitative estimate of drug-likeness (QED) is 0.734. The van der Waals surface area contributed by atoms with E-state index in [0.717, 1.165) is 25.1 Å². The van der Waals surface area contributed by atoms with Crippen molar-refractivity contribution in [3.63, 3.8) is 0 Å². The first-order valence-corrected chi connectivity index (χ1v) is 9.69. The van der Waals surface area contributed by atoms with E-state index in [-0.39, 0.29) is 17.4 Å². The number of amides is 1. The van der Waals surface area contributed by atoms with Crippen molar-refractivity contribution < 1.29 is 9.21 Å². The van der Waals surface area contributed by atoms with Crippen LogP contribution in [0.15, 0.2) is 57.7 Å². The molecule has 0 bridgehead atoms. The first-order valence-electron chi connectivity index (χ1n) is 9.69. The highest BCUT2D eigenvalue weighted by Crippen LogP contribution is 2.27. The molecule has 1 aliphatic heterocycles. The van der Waals surface area contributed by atoms with E-state index < -0.39 is 0 Å². The van der Waals surface area contributed by atoms with Crippen LogP contribution in [0.25, 0.3) is 22.3 Å². The molecule has 144 valence electrons. The highest BCUT2D eigenvalue weighted by Gasteiger charge is 2.25. The monoisotopic (exact) mass is 376 g/mol. The lowest BCUT2D eigenvalue weighted by molar-refractivity contribution is 0.0916. The predicted octanol–water partition coefficient (Wildman–Crippen LogP) is 3.50. The number of carbonyl (C=O) groups excluding carboxylic acids is 1. The molecule has 1 amide bonds. The van der Waals surface area contributed by atoms with Crippen LogP contribution >= 0.6 is 0 Å². The van der Waals surface area contributed by atoms with Crippen LogP contribution in [0.5, 0.6) is 0 Å². The van der Waals surface area contributed by atoms with Gasteiger partial charge in [0.1, 0.15) is 5.76 Å². The Balaban J connectivity index is 1.80. The minimum absolute atomic E-state index is 0.0577. The van der Waals surface area contributed by atoms with Gasteiger partial charge in [-0.3, -0.25) is 9.59 Å².